The minimum Gasteiger partial charge on any atom is -0.326 e. The van der Waals surface area contributed by atoms with Crippen LogP contribution in [0.3, 0.4) is 0 Å². The van der Waals surface area contributed by atoms with Crippen molar-refractivity contribution in [2.45, 2.75) is 38.1 Å². The number of benzene rings is 1. The van der Waals surface area contributed by atoms with Gasteiger partial charge in [0, 0.05) is 11.9 Å². The molecule has 108 valence electrons. The highest BCUT2D eigenvalue weighted by Gasteiger charge is 2.20. The van der Waals surface area contributed by atoms with Gasteiger partial charge in [-0.25, -0.2) is 4.98 Å². The van der Waals surface area contributed by atoms with Crippen molar-refractivity contribution in [3.05, 3.63) is 36.3 Å². The first-order valence-electron chi connectivity index (χ1n) is 7.65. The summed E-state index contributed by atoms with van der Waals surface area (Å²) in [4.78, 5) is 9.20. The highest BCUT2D eigenvalue weighted by molar-refractivity contribution is 6.17. The number of alkyl halides is 1. The summed E-state index contributed by atoms with van der Waals surface area (Å²) >= 11 is 6.14. The van der Waals surface area contributed by atoms with Gasteiger partial charge in [0.15, 0.2) is 0 Å². The fourth-order valence-corrected chi connectivity index (χ4v) is 3.76. The van der Waals surface area contributed by atoms with Crippen LogP contribution >= 0.6 is 11.6 Å². The Morgan fingerprint density at radius 1 is 1.14 bits per heavy atom. The number of hydrogen-bond donors (Lipinski definition) is 0. The van der Waals surface area contributed by atoms with Crippen molar-refractivity contribution in [3.8, 4) is 0 Å². The molecule has 0 atom stereocenters. The highest BCUT2D eigenvalue weighted by Crippen LogP contribution is 2.31. The minimum atomic E-state index is 0.454. The summed E-state index contributed by atoms with van der Waals surface area (Å²) in [5.74, 6) is 2.18. The van der Waals surface area contributed by atoms with Gasteiger partial charge >= 0.3 is 0 Å². The average molecular weight is 300 g/mol. The van der Waals surface area contributed by atoms with Crippen LogP contribution in [-0.4, -0.2) is 14.5 Å². The summed E-state index contributed by atoms with van der Waals surface area (Å²) in [6.07, 6.45) is 7.24. The first kappa shape index (κ1) is 13.1. The van der Waals surface area contributed by atoms with Gasteiger partial charge in [-0.2, -0.15) is 0 Å². The number of para-hydroxylation sites is 1. The van der Waals surface area contributed by atoms with Crippen LogP contribution in [0.1, 0.15) is 31.5 Å². The number of nitrogens with zero attached hydrogens (tertiary/aromatic N) is 3. The maximum atomic E-state index is 6.14. The van der Waals surface area contributed by atoms with E-state index in [0.29, 0.717) is 5.88 Å². The summed E-state index contributed by atoms with van der Waals surface area (Å²) in [5, 5.41) is 1.18. The van der Waals surface area contributed by atoms with E-state index in [1.165, 1.54) is 36.6 Å². The van der Waals surface area contributed by atoms with Crippen molar-refractivity contribution < 1.29 is 0 Å². The Morgan fingerprint density at radius 3 is 2.76 bits per heavy atom. The van der Waals surface area contributed by atoms with Crippen molar-refractivity contribution in [1.82, 2.24) is 14.5 Å². The fourth-order valence-electron chi connectivity index (χ4n) is 3.56. The van der Waals surface area contributed by atoms with E-state index in [0.717, 1.165) is 29.3 Å². The molecule has 2 heterocycles. The van der Waals surface area contributed by atoms with Crippen LogP contribution in [0.4, 0.5) is 0 Å². The van der Waals surface area contributed by atoms with Crippen LogP contribution in [0.25, 0.3) is 21.9 Å². The number of halogens is 1. The molecule has 0 bridgehead atoms. The second-order valence-corrected chi connectivity index (χ2v) is 6.20. The lowest BCUT2D eigenvalue weighted by Gasteiger charge is -2.14. The van der Waals surface area contributed by atoms with Crippen LogP contribution < -0.4 is 0 Å². The Morgan fingerprint density at radius 2 is 1.95 bits per heavy atom. The number of pyridine rings is 1. The Labute approximate surface area is 129 Å². The molecule has 4 heteroatoms. The fraction of sp³-hybridized carbons (Fsp3) is 0.412. The molecule has 0 radical (unpaired) electrons. The Hall–Kier alpha value is -1.61. The van der Waals surface area contributed by atoms with Crippen LogP contribution in [0.2, 0.25) is 0 Å². The van der Waals surface area contributed by atoms with E-state index in [9.17, 15) is 0 Å². The predicted octanol–water partition coefficient (Wildman–Crippen LogP) is 4.51. The highest BCUT2D eigenvalue weighted by atomic mass is 35.5. The second kappa shape index (κ2) is 5.30. The SMILES string of the molecule is ClCc1nc2cnc3ccccc3c2n1CC1CCCC1. The topological polar surface area (TPSA) is 30.7 Å². The molecule has 0 aliphatic heterocycles. The van der Waals surface area contributed by atoms with Crippen molar-refractivity contribution in [2.75, 3.05) is 0 Å². The lowest BCUT2D eigenvalue weighted by Crippen LogP contribution is -2.10. The second-order valence-electron chi connectivity index (χ2n) is 5.93. The number of rotatable bonds is 3. The van der Waals surface area contributed by atoms with Crippen LogP contribution in [0, 0.1) is 5.92 Å². The molecule has 0 saturated heterocycles. The first-order valence-corrected chi connectivity index (χ1v) is 8.19. The first-order chi connectivity index (χ1) is 10.4. The van der Waals surface area contributed by atoms with Gasteiger partial charge in [0.1, 0.15) is 11.3 Å². The van der Waals surface area contributed by atoms with E-state index in [1.807, 2.05) is 12.3 Å². The van der Waals surface area contributed by atoms with E-state index >= 15 is 0 Å². The van der Waals surface area contributed by atoms with Crippen molar-refractivity contribution >= 4 is 33.5 Å². The van der Waals surface area contributed by atoms with E-state index in [4.69, 9.17) is 16.6 Å². The molecule has 0 unspecified atom stereocenters. The zero-order valence-corrected chi connectivity index (χ0v) is 12.7. The largest absolute Gasteiger partial charge is 0.326 e. The quantitative estimate of drug-likeness (QED) is 0.666. The maximum absolute atomic E-state index is 6.14. The molecular weight excluding hydrogens is 282 g/mol. The van der Waals surface area contributed by atoms with Gasteiger partial charge in [-0.05, 0) is 24.8 Å². The van der Waals surface area contributed by atoms with Crippen LogP contribution in [0.5, 0.6) is 0 Å². The molecule has 3 nitrogen and oxygen atoms in total. The van der Waals surface area contributed by atoms with Gasteiger partial charge in [0.25, 0.3) is 0 Å². The molecule has 21 heavy (non-hydrogen) atoms. The third kappa shape index (κ3) is 2.20. The molecule has 2 aromatic heterocycles. The lowest BCUT2D eigenvalue weighted by molar-refractivity contribution is 0.458. The molecule has 0 spiro atoms. The molecule has 0 N–H and O–H groups in total. The third-order valence-electron chi connectivity index (χ3n) is 4.59. The van der Waals surface area contributed by atoms with Gasteiger partial charge in [0.05, 0.1) is 23.1 Å². The van der Waals surface area contributed by atoms with Crippen molar-refractivity contribution in [3.63, 3.8) is 0 Å². The third-order valence-corrected chi connectivity index (χ3v) is 4.83. The summed E-state index contributed by atoms with van der Waals surface area (Å²) in [5.41, 5.74) is 3.18. The van der Waals surface area contributed by atoms with Crippen molar-refractivity contribution in [2.24, 2.45) is 5.92 Å². The van der Waals surface area contributed by atoms with E-state index in [1.54, 1.807) is 0 Å². The molecule has 3 aromatic rings. The van der Waals surface area contributed by atoms with Crippen LogP contribution in [0.15, 0.2) is 30.5 Å². The predicted molar refractivity (Wildman–Crippen MR) is 86.5 cm³/mol. The minimum absolute atomic E-state index is 0.454. The number of aromatic nitrogens is 3. The van der Waals surface area contributed by atoms with Gasteiger partial charge in [-0.15, -0.1) is 11.6 Å². The van der Waals surface area contributed by atoms with Gasteiger partial charge in [-0.1, -0.05) is 31.0 Å². The standard InChI is InChI=1S/C17H18ClN3/c18-9-16-20-15-10-19-14-8-4-3-7-13(14)17(15)21(16)11-12-5-1-2-6-12/h3-4,7-8,10,12H,1-2,5-6,9,11H2. The summed E-state index contributed by atoms with van der Waals surface area (Å²) in [6.45, 7) is 1.03. The Kier molecular flexibility index (Phi) is 3.30. The van der Waals surface area contributed by atoms with Crippen molar-refractivity contribution in [1.29, 1.82) is 0 Å². The monoisotopic (exact) mass is 299 g/mol. The van der Waals surface area contributed by atoms with Gasteiger partial charge in [-0.3, -0.25) is 4.98 Å². The molecular formula is C17H18ClN3. The molecule has 4 rings (SSSR count). The van der Waals surface area contributed by atoms with Gasteiger partial charge in [0.2, 0.25) is 0 Å². The Bertz CT molecular complexity index is 787. The lowest BCUT2D eigenvalue weighted by atomic mass is 10.1. The summed E-state index contributed by atoms with van der Waals surface area (Å²) < 4.78 is 2.34. The molecule has 1 saturated carbocycles. The average Bonchev–Trinajstić information content (AvgIpc) is 3.15. The zero-order valence-electron chi connectivity index (χ0n) is 11.9. The smallest absolute Gasteiger partial charge is 0.124 e. The number of hydrogen-bond acceptors (Lipinski definition) is 2. The summed E-state index contributed by atoms with van der Waals surface area (Å²) in [6, 6.07) is 8.29. The molecule has 1 aliphatic carbocycles. The van der Waals surface area contributed by atoms with E-state index in [-0.39, 0.29) is 0 Å². The molecule has 1 fully saturated rings. The van der Waals surface area contributed by atoms with Gasteiger partial charge < -0.3 is 4.57 Å². The van der Waals surface area contributed by atoms with E-state index in [2.05, 4.69) is 27.8 Å². The molecule has 1 aliphatic rings. The summed E-state index contributed by atoms with van der Waals surface area (Å²) in [7, 11) is 0. The van der Waals surface area contributed by atoms with Crippen LogP contribution in [-0.2, 0) is 12.4 Å². The normalized spacial score (nSPS) is 16.2. The molecule has 0 amide bonds. The maximum Gasteiger partial charge on any atom is 0.124 e. The number of imidazole rings is 1. The zero-order chi connectivity index (χ0) is 14.2. The molecule has 1 aromatic carbocycles. The van der Waals surface area contributed by atoms with E-state index < -0.39 is 0 Å². The number of fused-ring (bicyclic) bond motifs is 3. The Balaban J connectivity index is 1.94.